The smallest absolute Gasteiger partial charge is 0.376 e. The maximum absolute atomic E-state index is 14.1. The summed E-state index contributed by atoms with van der Waals surface area (Å²) in [4.78, 5) is 79.2. The number of rotatable bonds is 16. The predicted octanol–water partition coefficient (Wildman–Crippen LogP) is -0.285. The first-order valence-corrected chi connectivity index (χ1v) is 17.6. The SMILES string of the molecule is C#CCN(C[C@H]1O[C@@H](n2ccc(=O)[nH]c2=O)[C@H](OC)[C@@H]1OP(=O)(O)OC(C)C)C(=O)CC1[C@@H](OC)[C@H](n2ccc(=O)[nH]c2=O)O[C@@H]1COC(C)C. The van der Waals surface area contributed by atoms with Gasteiger partial charge in [-0.3, -0.25) is 42.5 Å². The summed E-state index contributed by atoms with van der Waals surface area (Å²) >= 11 is 0. The van der Waals surface area contributed by atoms with Gasteiger partial charge in [0.25, 0.3) is 11.1 Å². The Balaban J connectivity index is 1.66. The second-order valence-electron chi connectivity index (χ2n) is 12.5. The van der Waals surface area contributed by atoms with Crippen molar-refractivity contribution >= 4 is 13.7 Å². The van der Waals surface area contributed by atoms with Gasteiger partial charge in [-0.25, -0.2) is 14.2 Å². The average Bonchev–Trinajstić information content (AvgIpc) is 3.55. The van der Waals surface area contributed by atoms with Gasteiger partial charge >= 0.3 is 19.2 Å². The van der Waals surface area contributed by atoms with Crippen molar-refractivity contribution < 1.29 is 47.0 Å². The standard InChI is InChI=1S/C31H44N5O14P/c1-8-11-34(24(39)14-19-21(16-46-17(2)3)48-28(25(19)44-6)35-12-9-22(37)32-30(35)40)15-20-26(50-51(42,43)49-18(4)5)27(45-7)29(47-20)36-13-10-23(38)33-31(36)41/h1,9-10,12-13,17-21,25-29H,11,14-16H2,2-7H3,(H,42,43)(H,32,37,40)(H,33,38,41)/t19?,20-,21-,25-,26-,27-,28-,29-/m1/s1. The Morgan fingerprint density at radius 1 is 0.941 bits per heavy atom. The van der Waals surface area contributed by atoms with Crippen molar-refractivity contribution in [3.8, 4) is 12.3 Å². The van der Waals surface area contributed by atoms with Crippen LogP contribution in [0.5, 0.6) is 0 Å². The van der Waals surface area contributed by atoms with Crippen molar-refractivity contribution in [2.75, 3.05) is 33.9 Å². The van der Waals surface area contributed by atoms with Crippen LogP contribution in [0.1, 0.15) is 46.6 Å². The number of aromatic amines is 2. The van der Waals surface area contributed by atoms with Crippen LogP contribution in [0.4, 0.5) is 0 Å². The predicted molar refractivity (Wildman–Crippen MR) is 178 cm³/mol. The molecule has 2 aliphatic rings. The van der Waals surface area contributed by atoms with Gasteiger partial charge in [0, 0.05) is 51.1 Å². The first-order chi connectivity index (χ1) is 24.1. The molecule has 9 atom stereocenters. The van der Waals surface area contributed by atoms with Crippen molar-refractivity contribution in [3.05, 3.63) is 66.2 Å². The van der Waals surface area contributed by atoms with Gasteiger partial charge in [-0.1, -0.05) is 5.92 Å². The third-order valence-corrected chi connectivity index (χ3v) is 9.41. The number of phosphoric ester groups is 1. The summed E-state index contributed by atoms with van der Waals surface area (Å²) in [5, 5.41) is 0. The molecule has 3 N–H and O–H groups in total. The number of terminal acetylenes is 1. The van der Waals surface area contributed by atoms with E-state index in [0.29, 0.717) is 0 Å². The normalized spacial score (nSPS) is 27.5. The number of nitrogens with zero attached hydrogens (tertiary/aromatic N) is 3. The molecule has 19 nitrogen and oxygen atoms in total. The van der Waals surface area contributed by atoms with E-state index in [1.807, 2.05) is 13.8 Å². The van der Waals surface area contributed by atoms with Gasteiger partial charge in [-0.15, -0.1) is 6.42 Å². The fourth-order valence-electron chi connectivity index (χ4n) is 6.06. The number of amides is 1. The summed E-state index contributed by atoms with van der Waals surface area (Å²) < 4.78 is 55.4. The quantitative estimate of drug-likeness (QED) is 0.148. The summed E-state index contributed by atoms with van der Waals surface area (Å²) in [6.07, 6.45) is -0.814. The van der Waals surface area contributed by atoms with E-state index in [-0.39, 0.29) is 32.2 Å². The lowest BCUT2D eigenvalue weighted by Gasteiger charge is -2.30. The van der Waals surface area contributed by atoms with Gasteiger partial charge < -0.3 is 33.5 Å². The number of carbonyl (C=O) groups excluding carboxylic acids is 1. The molecule has 2 saturated heterocycles. The molecule has 0 radical (unpaired) electrons. The Bertz CT molecular complexity index is 1830. The molecule has 0 aromatic carbocycles. The van der Waals surface area contributed by atoms with Crippen LogP contribution in [-0.2, 0) is 42.1 Å². The van der Waals surface area contributed by atoms with Crippen LogP contribution in [0, 0.1) is 18.3 Å². The topological polar surface area (TPSA) is 232 Å². The number of hydrogen-bond donors (Lipinski definition) is 3. The van der Waals surface area contributed by atoms with Crippen molar-refractivity contribution in [1.82, 2.24) is 24.0 Å². The summed E-state index contributed by atoms with van der Waals surface area (Å²) in [7, 11) is -2.10. The molecular formula is C31H44N5O14P. The average molecular weight is 742 g/mol. The highest BCUT2D eigenvalue weighted by molar-refractivity contribution is 7.47. The van der Waals surface area contributed by atoms with Crippen molar-refractivity contribution in [1.29, 1.82) is 0 Å². The number of methoxy groups -OCH3 is 2. The van der Waals surface area contributed by atoms with Crippen LogP contribution >= 0.6 is 7.82 Å². The fourth-order valence-corrected chi connectivity index (χ4v) is 7.21. The van der Waals surface area contributed by atoms with E-state index in [0.717, 1.165) is 21.3 Å². The van der Waals surface area contributed by atoms with Crippen LogP contribution in [0.3, 0.4) is 0 Å². The third-order valence-electron chi connectivity index (χ3n) is 8.21. The largest absolute Gasteiger partial charge is 0.472 e. The van der Waals surface area contributed by atoms with Gasteiger partial charge in [0.2, 0.25) is 5.91 Å². The minimum Gasteiger partial charge on any atom is -0.376 e. The van der Waals surface area contributed by atoms with E-state index in [2.05, 4.69) is 15.9 Å². The Labute approximate surface area is 292 Å². The van der Waals surface area contributed by atoms with Crippen molar-refractivity contribution in [2.45, 2.75) is 89.3 Å². The van der Waals surface area contributed by atoms with E-state index in [4.69, 9.17) is 39.2 Å². The first kappa shape index (κ1) is 40.1. The molecule has 4 heterocycles. The Hall–Kier alpha value is -3.70. The molecule has 2 unspecified atom stereocenters. The van der Waals surface area contributed by atoms with Crippen LogP contribution in [0.25, 0.3) is 0 Å². The lowest BCUT2D eigenvalue weighted by Crippen LogP contribution is -2.46. The number of hydrogen-bond acceptors (Lipinski definition) is 13. The van der Waals surface area contributed by atoms with Crippen LogP contribution in [-0.4, -0.2) is 111 Å². The molecule has 2 aromatic heterocycles. The molecule has 0 saturated carbocycles. The van der Waals surface area contributed by atoms with Crippen LogP contribution in [0.15, 0.2) is 43.7 Å². The Kier molecular flexibility index (Phi) is 13.5. The number of phosphoric acid groups is 1. The van der Waals surface area contributed by atoms with E-state index in [1.54, 1.807) is 0 Å². The second kappa shape index (κ2) is 17.2. The summed E-state index contributed by atoms with van der Waals surface area (Å²) in [5.74, 6) is 1.22. The molecule has 0 aliphatic carbocycles. The second-order valence-corrected chi connectivity index (χ2v) is 13.8. The zero-order valence-electron chi connectivity index (χ0n) is 29.0. The molecular weight excluding hydrogens is 697 g/mol. The van der Waals surface area contributed by atoms with Gasteiger partial charge in [0.05, 0.1) is 38.0 Å². The van der Waals surface area contributed by atoms with Crippen molar-refractivity contribution in [2.24, 2.45) is 5.92 Å². The van der Waals surface area contributed by atoms with Crippen LogP contribution < -0.4 is 22.5 Å². The zero-order chi connectivity index (χ0) is 37.6. The molecule has 282 valence electrons. The molecule has 1 amide bonds. The Morgan fingerprint density at radius 3 is 1.98 bits per heavy atom. The molecule has 2 fully saturated rings. The lowest BCUT2D eigenvalue weighted by atomic mass is 9.93. The maximum atomic E-state index is 14.1. The van der Waals surface area contributed by atoms with E-state index in [9.17, 15) is 33.4 Å². The molecule has 51 heavy (non-hydrogen) atoms. The number of ether oxygens (including phenoxy) is 5. The molecule has 20 heteroatoms. The molecule has 0 bridgehead atoms. The van der Waals surface area contributed by atoms with Gasteiger partial charge in [-0.05, 0) is 27.7 Å². The van der Waals surface area contributed by atoms with Gasteiger partial charge in [0.15, 0.2) is 12.5 Å². The maximum Gasteiger partial charge on any atom is 0.472 e. The fraction of sp³-hybridized carbons (Fsp3) is 0.645. The minimum atomic E-state index is -4.76. The minimum absolute atomic E-state index is 0.0353. The highest BCUT2D eigenvalue weighted by Gasteiger charge is 2.52. The third kappa shape index (κ3) is 9.80. The summed E-state index contributed by atoms with van der Waals surface area (Å²) in [5.41, 5.74) is -2.87. The monoisotopic (exact) mass is 741 g/mol. The highest BCUT2D eigenvalue weighted by Crippen LogP contribution is 2.50. The lowest BCUT2D eigenvalue weighted by molar-refractivity contribution is -0.136. The zero-order valence-corrected chi connectivity index (χ0v) is 29.9. The molecule has 2 aliphatic heterocycles. The first-order valence-electron chi connectivity index (χ1n) is 16.1. The van der Waals surface area contributed by atoms with Crippen molar-refractivity contribution in [3.63, 3.8) is 0 Å². The van der Waals surface area contributed by atoms with E-state index >= 15 is 0 Å². The highest BCUT2D eigenvalue weighted by atomic mass is 31.2. The van der Waals surface area contributed by atoms with Gasteiger partial charge in [0.1, 0.15) is 24.4 Å². The molecule has 0 spiro atoms. The molecule has 4 rings (SSSR count). The summed E-state index contributed by atoms with van der Waals surface area (Å²) in [6.45, 7) is 6.17. The number of nitrogens with one attached hydrogen (secondary N) is 2. The number of aromatic nitrogens is 4. The van der Waals surface area contributed by atoms with Gasteiger partial charge in [-0.2, -0.15) is 0 Å². The number of carbonyl (C=O) groups is 1. The van der Waals surface area contributed by atoms with E-state index in [1.165, 1.54) is 45.4 Å². The van der Waals surface area contributed by atoms with E-state index < -0.39 is 91.2 Å². The number of H-pyrrole nitrogens is 2. The molecule has 2 aromatic rings. The Morgan fingerprint density at radius 2 is 1.49 bits per heavy atom. The summed E-state index contributed by atoms with van der Waals surface area (Å²) in [6, 6.07) is 2.24. The van der Waals surface area contributed by atoms with Crippen LogP contribution in [0.2, 0.25) is 0 Å².